The van der Waals surface area contributed by atoms with Gasteiger partial charge in [-0.15, -0.1) is 0 Å². The summed E-state index contributed by atoms with van der Waals surface area (Å²) in [6.45, 7) is 2.14. The normalized spacial score (nSPS) is 14.2. The Morgan fingerprint density at radius 1 is 0.722 bits per heavy atom. The van der Waals surface area contributed by atoms with Gasteiger partial charge in [0.05, 0.1) is 5.70 Å². The molecule has 0 aromatic heterocycles. The van der Waals surface area contributed by atoms with Crippen molar-refractivity contribution < 1.29 is 19.8 Å². The number of aliphatic carboxylic acids is 2. The van der Waals surface area contributed by atoms with Crippen LogP contribution in [0.4, 0.5) is 5.69 Å². The Balaban J connectivity index is 1.86. The second-order valence-corrected chi connectivity index (χ2v) is 8.60. The molecule has 0 radical (unpaired) electrons. The Morgan fingerprint density at radius 2 is 1.25 bits per heavy atom. The minimum Gasteiger partial charge on any atom is -0.478 e. The fourth-order valence-corrected chi connectivity index (χ4v) is 4.20. The Hall–Kier alpha value is -4.64. The molecule has 36 heavy (non-hydrogen) atoms. The summed E-state index contributed by atoms with van der Waals surface area (Å²) in [4.78, 5) is 24.0. The molecule has 1 aliphatic rings. The molecule has 5 heteroatoms. The smallest absolute Gasteiger partial charge is 0.328 e. The number of carboxylic acid groups (broad SMARTS) is 2. The van der Waals surface area contributed by atoms with Gasteiger partial charge in [-0.3, -0.25) is 0 Å². The van der Waals surface area contributed by atoms with Crippen molar-refractivity contribution in [2.45, 2.75) is 19.8 Å². The van der Waals surface area contributed by atoms with Gasteiger partial charge in [-0.25, -0.2) is 9.59 Å². The van der Waals surface area contributed by atoms with Gasteiger partial charge < -0.3 is 15.1 Å². The first-order chi connectivity index (χ1) is 17.4. The lowest BCUT2D eigenvalue weighted by Crippen LogP contribution is -2.16. The van der Waals surface area contributed by atoms with E-state index in [0.717, 1.165) is 58.6 Å². The lowest BCUT2D eigenvalue weighted by molar-refractivity contribution is -0.132. The number of rotatable bonds is 7. The molecule has 180 valence electrons. The van der Waals surface area contributed by atoms with Crippen LogP contribution in [0.2, 0.25) is 0 Å². The molecule has 0 amide bonds. The SMILES string of the molecule is CC1=CN(c2ccccc2)C(c2ccc(/C=C/C(=O)O)cc2)=C(c2ccc(/C=C/C(=O)O)cc2)CC1. The van der Waals surface area contributed by atoms with E-state index in [9.17, 15) is 9.59 Å². The maximum Gasteiger partial charge on any atom is 0.328 e. The molecular weight excluding hydrogens is 450 g/mol. The highest BCUT2D eigenvalue weighted by Gasteiger charge is 2.21. The van der Waals surface area contributed by atoms with Crippen LogP contribution in [0.5, 0.6) is 0 Å². The largest absolute Gasteiger partial charge is 0.478 e. The van der Waals surface area contributed by atoms with Crippen LogP contribution in [-0.4, -0.2) is 22.2 Å². The lowest BCUT2D eigenvalue weighted by atomic mass is 9.93. The van der Waals surface area contributed by atoms with Gasteiger partial charge in [-0.05, 0) is 71.9 Å². The Labute approximate surface area is 210 Å². The van der Waals surface area contributed by atoms with Crippen LogP contribution in [0, 0.1) is 0 Å². The fourth-order valence-electron chi connectivity index (χ4n) is 4.20. The predicted octanol–water partition coefficient (Wildman–Crippen LogP) is 6.95. The number of hydrogen-bond donors (Lipinski definition) is 2. The maximum absolute atomic E-state index is 10.9. The zero-order valence-corrected chi connectivity index (χ0v) is 20.0. The highest BCUT2D eigenvalue weighted by atomic mass is 16.4. The molecule has 1 heterocycles. The molecule has 0 aliphatic carbocycles. The summed E-state index contributed by atoms with van der Waals surface area (Å²) in [7, 11) is 0. The molecule has 0 fully saturated rings. The van der Waals surface area contributed by atoms with Crippen molar-refractivity contribution >= 4 is 41.0 Å². The van der Waals surface area contributed by atoms with Gasteiger partial charge in [0, 0.05) is 24.0 Å². The van der Waals surface area contributed by atoms with Crippen LogP contribution in [0.3, 0.4) is 0 Å². The van der Waals surface area contributed by atoms with Gasteiger partial charge in [0.2, 0.25) is 0 Å². The van der Waals surface area contributed by atoms with E-state index in [2.05, 4.69) is 30.2 Å². The third kappa shape index (κ3) is 6.07. The molecule has 0 spiro atoms. The molecule has 1 aliphatic heterocycles. The molecule has 0 saturated carbocycles. The third-order valence-electron chi connectivity index (χ3n) is 5.96. The van der Waals surface area contributed by atoms with Crippen LogP contribution < -0.4 is 4.90 Å². The Kier molecular flexibility index (Phi) is 7.61. The minimum atomic E-state index is -0.981. The highest BCUT2D eigenvalue weighted by Crippen LogP contribution is 2.39. The second kappa shape index (κ2) is 11.2. The van der Waals surface area contributed by atoms with Crippen molar-refractivity contribution in [2.75, 3.05) is 4.90 Å². The van der Waals surface area contributed by atoms with E-state index in [0.29, 0.717) is 0 Å². The summed E-state index contributed by atoms with van der Waals surface area (Å²) in [5, 5.41) is 17.9. The number of anilines is 1. The molecule has 3 aromatic rings. The van der Waals surface area contributed by atoms with Gasteiger partial charge in [-0.1, -0.05) is 72.3 Å². The van der Waals surface area contributed by atoms with Crippen molar-refractivity contribution in [3.63, 3.8) is 0 Å². The first-order valence-corrected chi connectivity index (χ1v) is 11.7. The van der Waals surface area contributed by atoms with E-state index in [1.807, 2.05) is 66.7 Å². The standard InChI is InChI=1S/C31H27NO4/c1-22-7-18-28(25-14-8-23(9-15-25)12-19-29(33)34)31(32(21-22)27-5-3-2-4-6-27)26-16-10-24(11-17-26)13-20-30(35)36/h2-6,8-17,19-21H,7,18H2,1H3,(H,33,34)(H,35,36)/b19-12+,20-13+. The van der Waals surface area contributed by atoms with Gasteiger partial charge >= 0.3 is 11.9 Å². The molecule has 3 aromatic carbocycles. The van der Waals surface area contributed by atoms with E-state index >= 15 is 0 Å². The number of hydrogen-bond acceptors (Lipinski definition) is 3. The van der Waals surface area contributed by atoms with E-state index in [1.165, 1.54) is 11.1 Å². The van der Waals surface area contributed by atoms with Crippen LogP contribution in [0.1, 0.15) is 42.0 Å². The number of benzene rings is 3. The lowest BCUT2D eigenvalue weighted by Gasteiger charge is -2.27. The van der Waals surface area contributed by atoms with Crippen molar-refractivity contribution in [1.82, 2.24) is 0 Å². The topological polar surface area (TPSA) is 77.8 Å². The van der Waals surface area contributed by atoms with Crippen LogP contribution in [0.15, 0.2) is 103 Å². The minimum absolute atomic E-state index is 0.810. The maximum atomic E-state index is 10.9. The molecule has 4 rings (SSSR count). The van der Waals surface area contributed by atoms with Crippen LogP contribution >= 0.6 is 0 Å². The summed E-state index contributed by atoms with van der Waals surface area (Å²) < 4.78 is 0. The zero-order valence-electron chi connectivity index (χ0n) is 20.0. The number of carboxylic acids is 2. The van der Waals surface area contributed by atoms with Gasteiger partial charge in [0.1, 0.15) is 0 Å². The van der Waals surface area contributed by atoms with Gasteiger partial charge in [0.15, 0.2) is 0 Å². The Bertz CT molecular complexity index is 1360. The van der Waals surface area contributed by atoms with Crippen LogP contribution in [-0.2, 0) is 9.59 Å². The number of carbonyl (C=O) groups is 2. The first-order valence-electron chi connectivity index (χ1n) is 11.7. The van der Waals surface area contributed by atoms with E-state index < -0.39 is 11.9 Å². The predicted molar refractivity (Wildman–Crippen MR) is 145 cm³/mol. The van der Waals surface area contributed by atoms with Crippen molar-refractivity contribution in [3.8, 4) is 0 Å². The summed E-state index contributed by atoms with van der Waals surface area (Å²) in [5.41, 5.74) is 8.24. The summed E-state index contributed by atoms with van der Waals surface area (Å²) in [6.07, 6.45) is 9.36. The van der Waals surface area contributed by atoms with Crippen LogP contribution in [0.25, 0.3) is 23.4 Å². The molecule has 5 nitrogen and oxygen atoms in total. The van der Waals surface area contributed by atoms with Crippen molar-refractivity contribution in [1.29, 1.82) is 0 Å². The number of allylic oxidation sites excluding steroid dienone is 2. The van der Waals surface area contributed by atoms with Crippen molar-refractivity contribution in [2.24, 2.45) is 0 Å². The molecule has 0 atom stereocenters. The molecule has 0 saturated heterocycles. The fraction of sp³-hybridized carbons (Fsp3) is 0.0968. The molecule has 0 unspecified atom stereocenters. The van der Waals surface area contributed by atoms with Gasteiger partial charge in [0.25, 0.3) is 0 Å². The third-order valence-corrected chi connectivity index (χ3v) is 5.96. The van der Waals surface area contributed by atoms with E-state index in [4.69, 9.17) is 10.2 Å². The van der Waals surface area contributed by atoms with E-state index in [-0.39, 0.29) is 0 Å². The first kappa shape index (κ1) is 24.5. The molecule has 0 bridgehead atoms. The summed E-state index contributed by atoms with van der Waals surface area (Å²) >= 11 is 0. The highest BCUT2D eigenvalue weighted by molar-refractivity contribution is 5.99. The zero-order chi connectivity index (χ0) is 25.5. The average Bonchev–Trinajstić information content (AvgIpc) is 3.06. The molecular formula is C31H27NO4. The number of para-hydroxylation sites is 1. The van der Waals surface area contributed by atoms with Gasteiger partial charge in [-0.2, -0.15) is 0 Å². The van der Waals surface area contributed by atoms with E-state index in [1.54, 1.807) is 12.2 Å². The summed E-state index contributed by atoms with van der Waals surface area (Å²) in [6, 6.07) is 26.0. The monoisotopic (exact) mass is 477 g/mol. The quantitative estimate of drug-likeness (QED) is 0.360. The average molecular weight is 478 g/mol. The summed E-state index contributed by atoms with van der Waals surface area (Å²) in [5.74, 6) is -1.96. The second-order valence-electron chi connectivity index (χ2n) is 8.60. The number of nitrogens with zero attached hydrogens (tertiary/aromatic N) is 1. The molecule has 2 N–H and O–H groups in total. The Morgan fingerprint density at radius 3 is 1.78 bits per heavy atom. The van der Waals surface area contributed by atoms with Crippen molar-refractivity contribution in [3.05, 3.63) is 125 Å².